The summed E-state index contributed by atoms with van der Waals surface area (Å²) in [5.74, 6) is -1.03. The Morgan fingerprint density at radius 1 is 1.39 bits per heavy atom. The Bertz CT molecular complexity index is 427. The maximum Gasteiger partial charge on any atom is 0.416 e. The number of rotatable bonds is 4. The van der Waals surface area contributed by atoms with Gasteiger partial charge in [-0.05, 0) is 34.7 Å². The number of nitrogens with one attached hydrogen (secondary N) is 1. The summed E-state index contributed by atoms with van der Waals surface area (Å²) >= 11 is 6.94. The Balaban J connectivity index is 3.00. The molecular weight excluding hydrogens is 388 g/mol. The van der Waals surface area contributed by atoms with Crippen LogP contribution in [0, 0.1) is 9.39 Å². The summed E-state index contributed by atoms with van der Waals surface area (Å²) in [5.41, 5.74) is -1.10. The fraction of sp³-hybridized carbons (Fsp3) is 0.400. The molecule has 1 atom stereocenters. The maximum atomic E-state index is 13.3. The molecule has 2 nitrogen and oxygen atoms in total. The third-order valence-corrected chi connectivity index (χ3v) is 3.51. The van der Waals surface area contributed by atoms with E-state index in [0.717, 1.165) is 6.07 Å². The van der Waals surface area contributed by atoms with Crippen LogP contribution in [0.1, 0.15) is 5.56 Å². The molecule has 8 heteroatoms. The Morgan fingerprint density at radius 3 is 2.50 bits per heavy atom. The Hall–Kier alpha value is -0.280. The quantitative estimate of drug-likeness (QED) is 0.463. The molecule has 1 rings (SSSR count). The smallest absolute Gasteiger partial charge is 0.390 e. The molecule has 1 aromatic rings. The summed E-state index contributed by atoms with van der Waals surface area (Å²) in [6, 6.07) is 1.23. The zero-order valence-electron chi connectivity index (χ0n) is 8.86. The van der Waals surface area contributed by atoms with Crippen molar-refractivity contribution < 1.29 is 22.7 Å². The summed E-state index contributed by atoms with van der Waals surface area (Å²) in [6.07, 6.45) is -5.53. The fourth-order valence-corrected chi connectivity index (χ4v) is 1.77. The van der Waals surface area contributed by atoms with Crippen molar-refractivity contribution >= 4 is 39.9 Å². The van der Waals surface area contributed by atoms with Crippen molar-refractivity contribution in [3.8, 4) is 0 Å². The highest BCUT2D eigenvalue weighted by molar-refractivity contribution is 14.1. The molecular formula is C10H9ClF4INO. The van der Waals surface area contributed by atoms with Crippen molar-refractivity contribution in [2.75, 3.05) is 17.7 Å². The van der Waals surface area contributed by atoms with Gasteiger partial charge in [0.1, 0.15) is 5.82 Å². The molecule has 18 heavy (non-hydrogen) atoms. The Morgan fingerprint density at radius 2 is 2.00 bits per heavy atom. The minimum absolute atomic E-state index is 0.0212. The van der Waals surface area contributed by atoms with E-state index in [1.54, 1.807) is 22.6 Å². The highest BCUT2D eigenvalue weighted by Crippen LogP contribution is 2.34. The van der Waals surface area contributed by atoms with Crippen molar-refractivity contribution in [3.05, 3.63) is 27.1 Å². The van der Waals surface area contributed by atoms with Gasteiger partial charge in [0.25, 0.3) is 0 Å². The van der Waals surface area contributed by atoms with Crippen LogP contribution in [0.15, 0.2) is 12.1 Å². The third kappa shape index (κ3) is 4.13. The number of anilines is 1. The van der Waals surface area contributed by atoms with E-state index in [9.17, 15) is 22.7 Å². The minimum atomic E-state index is -4.62. The number of hydrogen-bond acceptors (Lipinski definition) is 2. The van der Waals surface area contributed by atoms with Crippen molar-refractivity contribution in [2.45, 2.75) is 12.3 Å². The highest BCUT2D eigenvalue weighted by atomic mass is 127. The van der Waals surface area contributed by atoms with E-state index in [2.05, 4.69) is 5.32 Å². The molecule has 1 aromatic carbocycles. The van der Waals surface area contributed by atoms with E-state index >= 15 is 0 Å². The first kappa shape index (κ1) is 15.8. The van der Waals surface area contributed by atoms with Crippen LogP contribution in [0.25, 0.3) is 0 Å². The van der Waals surface area contributed by atoms with Gasteiger partial charge in [-0.1, -0.05) is 0 Å². The van der Waals surface area contributed by atoms with E-state index in [1.807, 2.05) is 0 Å². The number of halogens is 6. The molecule has 0 aromatic heterocycles. The second kappa shape index (κ2) is 6.25. The topological polar surface area (TPSA) is 32.3 Å². The van der Waals surface area contributed by atoms with E-state index < -0.39 is 23.7 Å². The third-order valence-electron chi connectivity index (χ3n) is 2.06. The molecule has 0 fully saturated rings. The van der Waals surface area contributed by atoms with Gasteiger partial charge in [0.2, 0.25) is 0 Å². The van der Waals surface area contributed by atoms with E-state index in [4.69, 9.17) is 11.6 Å². The van der Waals surface area contributed by atoms with Gasteiger partial charge in [0, 0.05) is 6.54 Å². The van der Waals surface area contributed by atoms with Crippen molar-refractivity contribution in [2.24, 2.45) is 0 Å². The van der Waals surface area contributed by atoms with Crippen molar-refractivity contribution in [1.82, 2.24) is 0 Å². The molecule has 0 radical (unpaired) electrons. The summed E-state index contributed by atoms with van der Waals surface area (Å²) in [7, 11) is 0. The van der Waals surface area contributed by atoms with Crippen LogP contribution < -0.4 is 5.32 Å². The first-order valence-electron chi connectivity index (χ1n) is 4.80. The summed E-state index contributed by atoms with van der Waals surface area (Å²) < 4.78 is 50.8. The van der Waals surface area contributed by atoms with Crippen molar-refractivity contribution in [1.29, 1.82) is 0 Å². The highest BCUT2D eigenvalue weighted by Gasteiger charge is 2.32. The average Bonchev–Trinajstić information content (AvgIpc) is 2.28. The van der Waals surface area contributed by atoms with E-state index in [1.165, 1.54) is 0 Å². The molecule has 0 amide bonds. The predicted molar refractivity (Wildman–Crippen MR) is 69.3 cm³/mol. The number of alkyl halides is 4. The molecule has 0 aliphatic rings. The number of benzene rings is 1. The van der Waals surface area contributed by atoms with Gasteiger partial charge in [-0.2, -0.15) is 13.2 Å². The van der Waals surface area contributed by atoms with E-state index in [-0.39, 0.29) is 21.7 Å². The molecule has 0 saturated heterocycles. The van der Waals surface area contributed by atoms with Gasteiger partial charge >= 0.3 is 6.18 Å². The molecule has 0 aliphatic heterocycles. The summed E-state index contributed by atoms with van der Waals surface area (Å²) in [6.45, 7) is -0.0553. The first-order valence-corrected chi connectivity index (χ1v) is 6.41. The molecule has 0 saturated carbocycles. The average molecular weight is 398 g/mol. The normalized spacial score (nSPS) is 13.5. The van der Waals surface area contributed by atoms with Crippen LogP contribution in [-0.4, -0.2) is 23.6 Å². The van der Waals surface area contributed by atoms with Crippen LogP contribution in [0.3, 0.4) is 0 Å². The van der Waals surface area contributed by atoms with Crippen molar-refractivity contribution in [3.63, 3.8) is 0 Å². The second-order valence-electron chi connectivity index (χ2n) is 3.51. The molecule has 1 unspecified atom stereocenters. The van der Waals surface area contributed by atoms with Gasteiger partial charge in [0.05, 0.1) is 26.8 Å². The van der Waals surface area contributed by atoms with Gasteiger partial charge in [-0.3, -0.25) is 0 Å². The minimum Gasteiger partial charge on any atom is -0.390 e. The van der Waals surface area contributed by atoms with Gasteiger partial charge in [-0.15, -0.1) is 11.6 Å². The molecule has 0 spiro atoms. The van der Waals surface area contributed by atoms with Crippen LogP contribution in [0.2, 0.25) is 0 Å². The van der Waals surface area contributed by atoms with E-state index in [0.29, 0.717) is 6.07 Å². The maximum absolute atomic E-state index is 13.3. The van der Waals surface area contributed by atoms with Gasteiger partial charge in [-0.25, -0.2) is 4.39 Å². The Kier molecular flexibility index (Phi) is 5.47. The monoisotopic (exact) mass is 397 g/mol. The van der Waals surface area contributed by atoms with Gasteiger partial charge < -0.3 is 10.4 Å². The van der Waals surface area contributed by atoms with Crippen LogP contribution >= 0.6 is 34.2 Å². The number of hydrogen-bond donors (Lipinski definition) is 2. The zero-order valence-corrected chi connectivity index (χ0v) is 11.8. The fourth-order valence-electron chi connectivity index (χ4n) is 1.16. The summed E-state index contributed by atoms with van der Waals surface area (Å²) in [4.78, 5) is 0. The lowest BCUT2D eigenvalue weighted by Gasteiger charge is -2.15. The second-order valence-corrected chi connectivity index (χ2v) is 4.89. The van der Waals surface area contributed by atoms with Crippen LogP contribution in [0.4, 0.5) is 23.2 Å². The SMILES string of the molecule is OC(CCl)CNc1cc(C(F)(F)F)cc(F)c1I. The largest absolute Gasteiger partial charge is 0.416 e. The lowest BCUT2D eigenvalue weighted by atomic mass is 10.2. The molecule has 2 N–H and O–H groups in total. The van der Waals surface area contributed by atoms with Gasteiger partial charge in [0.15, 0.2) is 0 Å². The first-order chi connectivity index (χ1) is 8.25. The molecule has 102 valence electrons. The molecule has 0 heterocycles. The zero-order chi connectivity index (χ0) is 13.9. The van der Waals surface area contributed by atoms with Crippen LogP contribution in [-0.2, 0) is 6.18 Å². The Labute approximate surface area is 119 Å². The predicted octanol–water partition coefficient (Wildman–Crippen LogP) is 3.46. The molecule has 0 aliphatic carbocycles. The lowest BCUT2D eigenvalue weighted by molar-refractivity contribution is -0.137. The summed E-state index contributed by atoms with van der Waals surface area (Å²) in [5, 5.41) is 11.7. The molecule has 0 bridgehead atoms. The lowest BCUT2D eigenvalue weighted by Crippen LogP contribution is -2.21. The van der Waals surface area contributed by atoms with Crippen LogP contribution in [0.5, 0.6) is 0 Å². The number of aliphatic hydroxyl groups excluding tert-OH is 1. The standard InChI is InChI=1S/C10H9ClF4INO/c11-3-6(18)4-17-8-2-5(10(13,14)15)1-7(12)9(8)16/h1-2,6,17-18H,3-4H2. The number of aliphatic hydroxyl groups is 1.